The maximum absolute atomic E-state index is 13.4. The highest BCUT2D eigenvalue weighted by Crippen LogP contribution is 2.34. The molecule has 33 heavy (non-hydrogen) atoms. The van der Waals surface area contributed by atoms with Crippen LogP contribution in [0.3, 0.4) is 0 Å². The number of terminal acetylenes is 1. The van der Waals surface area contributed by atoms with Gasteiger partial charge in [0, 0.05) is 35.9 Å². The molecule has 0 unspecified atom stereocenters. The van der Waals surface area contributed by atoms with E-state index in [0.717, 1.165) is 31.3 Å². The Hall–Kier alpha value is -3.67. The van der Waals surface area contributed by atoms with Gasteiger partial charge in [0.2, 0.25) is 5.95 Å². The molecule has 0 bridgehead atoms. The number of piperidine rings is 1. The lowest BCUT2D eigenvalue weighted by Gasteiger charge is -2.23. The van der Waals surface area contributed by atoms with Crippen LogP contribution >= 0.6 is 0 Å². The molecule has 0 radical (unpaired) electrons. The first-order chi connectivity index (χ1) is 16.1. The van der Waals surface area contributed by atoms with Crippen molar-refractivity contribution >= 4 is 26.9 Å². The van der Waals surface area contributed by atoms with Gasteiger partial charge in [-0.15, -0.1) is 6.42 Å². The van der Waals surface area contributed by atoms with Crippen molar-refractivity contribution < 1.29 is 8.42 Å². The summed E-state index contributed by atoms with van der Waals surface area (Å²) in [4.78, 5) is 9.33. The summed E-state index contributed by atoms with van der Waals surface area (Å²) < 4.78 is 28.2. The summed E-state index contributed by atoms with van der Waals surface area (Å²) in [5.41, 5.74) is 2.23. The molecular formula is C25H23N5O2S. The van der Waals surface area contributed by atoms with E-state index in [2.05, 4.69) is 21.5 Å². The molecule has 2 N–H and O–H groups in total. The maximum Gasteiger partial charge on any atom is 0.268 e. The van der Waals surface area contributed by atoms with E-state index in [9.17, 15) is 8.42 Å². The Morgan fingerprint density at radius 1 is 1.12 bits per heavy atom. The van der Waals surface area contributed by atoms with Crippen LogP contribution in [-0.2, 0) is 10.0 Å². The Kier molecular flexibility index (Phi) is 5.58. The molecule has 1 atom stereocenters. The van der Waals surface area contributed by atoms with Crippen LogP contribution in [0.5, 0.6) is 0 Å². The number of nitrogens with one attached hydrogen (secondary N) is 2. The molecule has 1 saturated heterocycles. The number of nitrogens with zero attached hydrogens (tertiary/aromatic N) is 3. The summed E-state index contributed by atoms with van der Waals surface area (Å²) in [6.07, 6.45) is 11.1. The van der Waals surface area contributed by atoms with Crippen LogP contribution in [0, 0.1) is 12.3 Å². The lowest BCUT2D eigenvalue weighted by Crippen LogP contribution is -2.38. The van der Waals surface area contributed by atoms with Gasteiger partial charge in [0.25, 0.3) is 10.0 Å². The predicted molar refractivity (Wildman–Crippen MR) is 129 cm³/mol. The zero-order valence-electron chi connectivity index (χ0n) is 17.9. The van der Waals surface area contributed by atoms with Gasteiger partial charge in [0.05, 0.1) is 21.7 Å². The molecule has 1 aliphatic rings. The number of rotatable bonds is 5. The number of para-hydroxylation sites is 1. The largest absolute Gasteiger partial charge is 0.350 e. The van der Waals surface area contributed by atoms with Crippen molar-refractivity contribution in [3.05, 3.63) is 72.6 Å². The van der Waals surface area contributed by atoms with Gasteiger partial charge < -0.3 is 10.6 Å². The van der Waals surface area contributed by atoms with Gasteiger partial charge in [-0.25, -0.2) is 22.4 Å². The van der Waals surface area contributed by atoms with Crippen LogP contribution in [0.4, 0.5) is 5.95 Å². The Bertz CT molecular complexity index is 1450. The molecule has 5 rings (SSSR count). The first kappa shape index (κ1) is 21.2. The van der Waals surface area contributed by atoms with Crippen LogP contribution in [0.15, 0.2) is 71.9 Å². The van der Waals surface area contributed by atoms with E-state index in [1.54, 1.807) is 48.8 Å². The molecule has 0 spiro atoms. The summed E-state index contributed by atoms with van der Waals surface area (Å²) in [6.45, 7) is 1.85. The van der Waals surface area contributed by atoms with Crippen molar-refractivity contribution in [2.75, 3.05) is 18.4 Å². The van der Waals surface area contributed by atoms with E-state index in [1.165, 1.54) is 3.97 Å². The van der Waals surface area contributed by atoms with Gasteiger partial charge in [0.15, 0.2) is 0 Å². The van der Waals surface area contributed by atoms with E-state index in [0.29, 0.717) is 28.3 Å². The number of anilines is 1. The highest BCUT2D eigenvalue weighted by molar-refractivity contribution is 7.90. The fourth-order valence-electron chi connectivity index (χ4n) is 4.16. The summed E-state index contributed by atoms with van der Waals surface area (Å²) in [5, 5.41) is 7.49. The molecule has 0 saturated carbocycles. The van der Waals surface area contributed by atoms with Crippen LogP contribution < -0.4 is 10.6 Å². The van der Waals surface area contributed by atoms with E-state index >= 15 is 0 Å². The lowest BCUT2D eigenvalue weighted by molar-refractivity contribution is 0.478. The fraction of sp³-hybridized carbons (Fsp3) is 0.200. The van der Waals surface area contributed by atoms with Crippen LogP contribution in [0.2, 0.25) is 0 Å². The molecule has 1 aliphatic heterocycles. The molecule has 8 heteroatoms. The second kappa shape index (κ2) is 8.70. The van der Waals surface area contributed by atoms with Gasteiger partial charge in [-0.1, -0.05) is 42.3 Å². The Morgan fingerprint density at radius 3 is 2.67 bits per heavy atom. The number of hydrogen-bond acceptors (Lipinski definition) is 6. The average molecular weight is 458 g/mol. The summed E-state index contributed by atoms with van der Waals surface area (Å²) in [6, 6.07) is 15.9. The summed E-state index contributed by atoms with van der Waals surface area (Å²) in [5.74, 6) is 3.12. The van der Waals surface area contributed by atoms with Crippen LogP contribution in [0.25, 0.3) is 22.2 Å². The summed E-state index contributed by atoms with van der Waals surface area (Å²) in [7, 11) is -3.81. The summed E-state index contributed by atoms with van der Waals surface area (Å²) >= 11 is 0. The molecule has 7 nitrogen and oxygen atoms in total. The minimum absolute atomic E-state index is 0.212. The van der Waals surface area contributed by atoms with Gasteiger partial charge >= 0.3 is 0 Å². The van der Waals surface area contributed by atoms with Gasteiger partial charge in [-0.2, -0.15) is 0 Å². The van der Waals surface area contributed by atoms with Gasteiger partial charge in [0.1, 0.15) is 0 Å². The average Bonchev–Trinajstić information content (AvgIpc) is 3.26. The molecule has 0 aliphatic carbocycles. The second-order valence-electron chi connectivity index (χ2n) is 7.96. The molecule has 1 fully saturated rings. The molecule has 166 valence electrons. The lowest BCUT2D eigenvalue weighted by atomic mass is 10.1. The Labute approximate surface area is 192 Å². The third kappa shape index (κ3) is 3.97. The monoisotopic (exact) mass is 457 g/mol. The molecule has 3 heterocycles. The molecule has 2 aromatic heterocycles. The smallest absolute Gasteiger partial charge is 0.268 e. The number of fused-ring (bicyclic) bond motifs is 1. The van der Waals surface area contributed by atoms with E-state index in [-0.39, 0.29) is 10.9 Å². The van der Waals surface area contributed by atoms with Crippen LogP contribution in [-0.4, -0.2) is 41.5 Å². The Morgan fingerprint density at radius 2 is 1.91 bits per heavy atom. The first-order valence-corrected chi connectivity index (χ1v) is 12.2. The van der Waals surface area contributed by atoms with E-state index in [1.807, 2.05) is 18.2 Å². The fourth-order valence-corrected chi connectivity index (χ4v) is 5.55. The predicted octanol–water partition coefficient (Wildman–Crippen LogP) is 3.48. The molecule has 4 aromatic rings. The highest BCUT2D eigenvalue weighted by atomic mass is 32.2. The van der Waals surface area contributed by atoms with Crippen molar-refractivity contribution in [1.29, 1.82) is 0 Å². The molecule has 2 aromatic carbocycles. The van der Waals surface area contributed by atoms with Crippen LogP contribution in [0.1, 0.15) is 18.4 Å². The van der Waals surface area contributed by atoms with Crippen molar-refractivity contribution in [2.24, 2.45) is 0 Å². The van der Waals surface area contributed by atoms with Gasteiger partial charge in [-0.3, -0.25) is 0 Å². The van der Waals surface area contributed by atoms with Crippen molar-refractivity contribution in [3.63, 3.8) is 0 Å². The third-order valence-electron chi connectivity index (χ3n) is 5.81. The second-order valence-corrected chi connectivity index (χ2v) is 9.78. The number of hydrogen-bond donors (Lipinski definition) is 2. The minimum atomic E-state index is -3.81. The molecular weight excluding hydrogens is 434 g/mol. The van der Waals surface area contributed by atoms with E-state index in [4.69, 9.17) is 11.4 Å². The third-order valence-corrected chi connectivity index (χ3v) is 7.50. The van der Waals surface area contributed by atoms with Crippen molar-refractivity contribution in [1.82, 2.24) is 19.3 Å². The number of aromatic nitrogens is 3. The SMILES string of the molecule is C#Cc1cnc(N[C@@H]2CCCNC2)nc1-c1cn(S(=O)(=O)c2ccccc2)c2ccccc12. The normalized spacial score (nSPS) is 16.4. The zero-order valence-corrected chi connectivity index (χ0v) is 18.7. The maximum atomic E-state index is 13.4. The van der Waals surface area contributed by atoms with Crippen molar-refractivity contribution in [2.45, 2.75) is 23.8 Å². The van der Waals surface area contributed by atoms with E-state index < -0.39 is 10.0 Å². The zero-order chi connectivity index (χ0) is 22.8. The Balaban J connectivity index is 1.65. The topological polar surface area (TPSA) is 88.9 Å². The van der Waals surface area contributed by atoms with Crippen molar-refractivity contribution in [3.8, 4) is 23.6 Å². The standard InChI is InChI=1S/C25H23N5O2S/c1-2-18-15-27-25(28-19-9-8-14-26-16-19)29-24(18)22-17-30(23-13-7-6-12-21(22)23)33(31,32)20-10-4-3-5-11-20/h1,3-7,10-13,15,17,19,26H,8-9,14,16H2,(H,27,28,29)/t19-/m1/s1. The first-order valence-electron chi connectivity index (χ1n) is 10.8. The quantitative estimate of drug-likeness (QED) is 0.446. The van der Waals surface area contributed by atoms with Gasteiger partial charge in [-0.05, 0) is 37.6 Å². The number of benzene rings is 2. The minimum Gasteiger partial charge on any atom is -0.350 e. The molecule has 0 amide bonds. The highest BCUT2D eigenvalue weighted by Gasteiger charge is 2.23.